The van der Waals surface area contributed by atoms with Gasteiger partial charge in [-0.1, -0.05) is 78.4 Å². The maximum absolute atomic E-state index is 2.35. The van der Waals surface area contributed by atoms with Crippen molar-refractivity contribution in [3.63, 3.8) is 0 Å². The van der Waals surface area contributed by atoms with E-state index in [2.05, 4.69) is 99.6 Å². The summed E-state index contributed by atoms with van der Waals surface area (Å²) in [6.07, 6.45) is 0.978. The van der Waals surface area contributed by atoms with Crippen molar-refractivity contribution in [1.82, 2.24) is 0 Å². The molecule has 0 saturated heterocycles. The van der Waals surface area contributed by atoms with E-state index in [1.54, 1.807) is 0 Å². The Balaban J connectivity index is 1.76. The van der Waals surface area contributed by atoms with Gasteiger partial charge in [-0.15, -0.1) is 0 Å². The van der Waals surface area contributed by atoms with Crippen molar-refractivity contribution < 1.29 is 0 Å². The second kappa shape index (κ2) is 6.80. The summed E-state index contributed by atoms with van der Waals surface area (Å²) >= 11 is 0. The van der Waals surface area contributed by atoms with Crippen LogP contribution in [0, 0.1) is 20.8 Å². The second-order valence-corrected chi connectivity index (χ2v) is 7.32. The predicted octanol–water partition coefficient (Wildman–Crippen LogP) is 7.02. The highest BCUT2D eigenvalue weighted by atomic mass is 14.1. The summed E-state index contributed by atoms with van der Waals surface area (Å²) in [5.41, 5.74) is 9.36. The third-order valence-corrected chi connectivity index (χ3v) is 5.23. The fourth-order valence-corrected chi connectivity index (χ4v) is 3.77. The van der Waals surface area contributed by atoms with Gasteiger partial charge in [-0.25, -0.2) is 0 Å². The van der Waals surface area contributed by atoms with Crippen LogP contribution in [0.25, 0.3) is 21.9 Å². The molecule has 0 fully saturated rings. The van der Waals surface area contributed by atoms with Crippen LogP contribution in [0.15, 0.2) is 78.9 Å². The van der Waals surface area contributed by atoms with Gasteiger partial charge in [-0.05, 0) is 77.4 Å². The molecule has 0 saturated carbocycles. The van der Waals surface area contributed by atoms with Gasteiger partial charge in [0, 0.05) is 0 Å². The highest BCUT2D eigenvalue weighted by Gasteiger charge is 2.06. The van der Waals surface area contributed by atoms with E-state index < -0.39 is 0 Å². The first-order chi connectivity index (χ1) is 12.6. The molecule has 0 heteroatoms. The van der Waals surface area contributed by atoms with E-state index in [0.717, 1.165) is 6.42 Å². The number of hydrogen-bond acceptors (Lipinski definition) is 0. The molecular weight excluding hydrogens is 312 g/mol. The third kappa shape index (κ3) is 3.28. The number of benzene rings is 4. The summed E-state index contributed by atoms with van der Waals surface area (Å²) in [4.78, 5) is 0. The van der Waals surface area contributed by atoms with Gasteiger partial charge in [0.05, 0.1) is 0 Å². The molecule has 0 unspecified atom stereocenters. The van der Waals surface area contributed by atoms with Gasteiger partial charge in [-0.3, -0.25) is 0 Å². The van der Waals surface area contributed by atoms with Crippen molar-refractivity contribution >= 4 is 10.8 Å². The summed E-state index contributed by atoms with van der Waals surface area (Å²) in [5.74, 6) is 0. The van der Waals surface area contributed by atoms with E-state index >= 15 is 0 Å². The minimum atomic E-state index is 0.978. The van der Waals surface area contributed by atoms with Crippen molar-refractivity contribution in [2.75, 3.05) is 0 Å². The average molecular weight is 336 g/mol. The van der Waals surface area contributed by atoms with Crippen molar-refractivity contribution in [3.8, 4) is 11.1 Å². The molecule has 4 rings (SSSR count). The van der Waals surface area contributed by atoms with Crippen LogP contribution in [0.2, 0.25) is 0 Å². The van der Waals surface area contributed by atoms with E-state index in [9.17, 15) is 0 Å². The van der Waals surface area contributed by atoms with Gasteiger partial charge < -0.3 is 0 Å². The fraction of sp³-hybridized carbons (Fsp3) is 0.154. The Morgan fingerprint density at radius 2 is 1.35 bits per heavy atom. The zero-order valence-corrected chi connectivity index (χ0v) is 15.7. The molecule has 26 heavy (non-hydrogen) atoms. The van der Waals surface area contributed by atoms with Gasteiger partial charge in [0.15, 0.2) is 0 Å². The van der Waals surface area contributed by atoms with Crippen LogP contribution in [0.4, 0.5) is 0 Å². The molecular formula is C26H24. The standard InChI is InChI=1S/C26H24/c1-18-13-20(3)26-17-23(11-12-24(26)14-18)22-10-9-19(2)25(16-22)15-21-7-5-4-6-8-21/h4-14,16-17H,15H2,1-3H3. The Bertz CT molecular complexity index is 1070. The van der Waals surface area contributed by atoms with Crippen LogP contribution in [0.1, 0.15) is 27.8 Å². The van der Waals surface area contributed by atoms with E-state index in [4.69, 9.17) is 0 Å². The van der Waals surface area contributed by atoms with Crippen molar-refractivity contribution in [2.45, 2.75) is 27.2 Å². The highest BCUT2D eigenvalue weighted by Crippen LogP contribution is 2.29. The molecule has 4 aromatic carbocycles. The molecule has 0 N–H and O–H groups in total. The lowest BCUT2D eigenvalue weighted by Gasteiger charge is -2.11. The average Bonchev–Trinajstić information content (AvgIpc) is 2.64. The Morgan fingerprint density at radius 3 is 2.15 bits per heavy atom. The molecule has 0 atom stereocenters. The second-order valence-electron chi connectivity index (χ2n) is 7.32. The summed E-state index contributed by atoms with van der Waals surface area (Å²) in [6.45, 7) is 6.57. The minimum absolute atomic E-state index is 0.978. The Labute approximate surface area is 156 Å². The molecule has 0 spiro atoms. The van der Waals surface area contributed by atoms with Crippen LogP contribution in [0.3, 0.4) is 0 Å². The van der Waals surface area contributed by atoms with Crippen LogP contribution < -0.4 is 0 Å². The first kappa shape index (κ1) is 16.6. The quantitative estimate of drug-likeness (QED) is 0.377. The molecule has 0 radical (unpaired) electrons. The molecule has 0 aliphatic rings. The molecule has 0 bridgehead atoms. The molecule has 0 aliphatic heterocycles. The van der Waals surface area contributed by atoms with E-state index in [1.807, 2.05) is 0 Å². The lowest BCUT2D eigenvalue weighted by Crippen LogP contribution is -1.93. The SMILES string of the molecule is Cc1cc(C)c2cc(-c3ccc(C)c(Cc4ccccc4)c3)ccc2c1. The van der Waals surface area contributed by atoms with Crippen molar-refractivity contribution in [3.05, 3.63) is 107 Å². The van der Waals surface area contributed by atoms with Gasteiger partial charge in [0.1, 0.15) is 0 Å². The summed E-state index contributed by atoms with van der Waals surface area (Å²) in [7, 11) is 0. The minimum Gasteiger partial charge on any atom is -0.0622 e. The number of aryl methyl sites for hydroxylation is 3. The zero-order chi connectivity index (χ0) is 18.1. The van der Waals surface area contributed by atoms with Crippen molar-refractivity contribution in [1.29, 1.82) is 0 Å². The van der Waals surface area contributed by atoms with Crippen LogP contribution >= 0.6 is 0 Å². The number of fused-ring (bicyclic) bond motifs is 1. The van der Waals surface area contributed by atoms with Crippen LogP contribution in [-0.2, 0) is 6.42 Å². The maximum atomic E-state index is 2.35. The molecule has 0 nitrogen and oxygen atoms in total. The first-order valence-corrected chi connectivity index (χ1v) is 9.25. The normalized spacial score (nSPS) is 11.0. The lowest BCUT2D eigenvalue weighted by atomic mass is 9.93. The molecule has 4 aromatic rings. The topological polar surface area (TPSA) is 0 Å². The number of rotatable bonds is 3. The Hall–Kier alpha value is -2.86. The van der Waals surface area contributed by atoms with Crippen LogP contribution in [0.5, 0.6) is 0 Å². The maximum Gasteiger partial charge on any atom is -0.00229 e. The first-order valence-electron chi connectivity index (χ1n) is 9.25. The van der Waals surface area contributed by atoms with E-state index in [-0.39, 0.29) is 0 Å². The fourth-order valence-electron chi connectivity index (χ4n) is 3.77. The molecule has 128 valence electrons. The van der Waals surface area contributed by atoms with Crippen LogP contribution in [-0.4, -0.2) is 0 Å². The monoisotopic (exact) mass is 336 g/mol. The summed E-state index contributed by atoms with van der Waals surface area (Å²) in [5, 5.41) is 2.67. The molecule has 0 amide bonds. The van der Waals surface area contributed by atoms with E-state index in [0.29, 0.717) is 0 Å². The predicted molar refractivity (Wildman–Crippen MR) is 113 cm³/mol. The Kier molecular flexibility index (Phi) is 4.34. The molecule has 0 aromatic heterocycles. The smallest absolute Gasteiger partial charge is 0.00229 e. The largest absolute Gasteiger partial charge is 0.0622 e. The van der Waals surface area contributed by atoms with Gasteiger partial charge in [0.2, 0.25) is 0 Å². The highest BCUT2D eigenvalue weighted by molar-refractivity contribution is 5.90. The summed E-state index contributed by atoms with van der Waals surface area (Å²) < 4.78 is 0. The summed E-state index contributed by atoms with van der Waals surface area (Å²) in [6, 6.07) is 28.9. The lowest BCUT2D eigenvalue weighted by molar-refractivity contribution is 1.16. The van der Waals surface area contributed by atoms with E-state index in [1.165, 1.54) is 49.7 Å². The van der Waals surface area contributed by atoms with Crippen molar-refractivity contribution in [2.24, 2.45) is 0 Å². The zero-order valence-electron chi connectivity index (χ0n) is 15.7. The van der Waals surface area contributed by atoms with Gasteiger partial charge in [0.25, 0.3) is 0 Å². The Morgan fingerprint density at radius 1 is 0.615 bits per heavy atom. The molecule has 0 heterocycles. The number of hydrogen-bond donors (Lipinski definition) is 0. The van der Waals surface area contributed by atoms with Gasteiger partial charge in [-0.2, -0.15) is 0 Å². The molecule has 0 aliphatic carbocycles. The van der Waals surface area contributed by atoms with Gasteiger partial charge >= 0.3 is 0 Å². The third-order valence-electron chi connectivity index (χ3n) is 5.23.